The minimum absolute atomic E-state index is 0.0495. The van der Waals surface area contributed by atoms with Gasteiger partial charge in [-0.15, -0.1) is 0 Å². The SMILES string of the molecule is CNC(=O)C1(C)CCN(c2cccc(N)c2[N+](=O)[O-])C1. The summed E-state index contributed by atoms with van der Waals surface area (Å²) in [4.78, 5) is 24.5. The van der Waals surface area contributed by atoms with Crippen LogP contribution in [0.15, 0.2) is 18.2 Å². The van der Waals surface area contributed by atoms with E-state index in [-0.39, 0.29) is 17.3 Å². The van der Waals surface area contributed by atoms with E-state index in [4.69, 9.17) is 5.73 Å². The molecule has 0 bridgehead atoms. The number of carbonyl (C=O) groups is 1. The summed E-state index contributed by atoms with van der Waals surface area (Å²) in [6, 6.07) is 4.87. The van der Waals surface area contributed by atoms with Crippen LogP contribution >= 0.6 is 0 Å². The summed E-state index contributed by atoms with van der Waals surface area (Å²) in [6.07, 6.45) is 0.651. The highest BCUT2D eigenvalue weighted by Gasteiger charge is 2.41. The molecule has 1 aromatic carbocycles. The Hall–Kier alpha value is -2.31. The number of nitro benzene ring substituents is 1. The van der Waals surface area contributed by atoms with Crippen molar-refractivity contribution >= 4 is 23.0 Å². The van der Waals surface area contributed by atoms with E-state index < -0.39 is 10.3 Å². The van der Waals surface area contributed by atoms with Crippen molar-refractivity contribution in [3.05, 3.63) is 28.3 Å². The van der Waals surface area contributed by atoms with Gasteiger partial charge in [0.15, 0.2) is 0 Å². The van der Waals surface area contributed by atoms with E-state index >= 15 is 0 Å². The summed E-state index contributed by atoms with van der Waals surface area (Å²) in [6.45, 7) is 2.90. The molecule has 108 valence electrons. The fraction of sp³-hybridized carbons (Fsp3) is 0.462. The highest BCUT2D eigenvalue weighted by molar-refractivity contribution is 5.84. The van der Waals surface area contributed by atoms with E-state index in [0.717, 1.165) is 0 Å². The molecule has 7 nitrogen and oxygen atoms in total. The fourth-order valence-electron chi connectivity index (χ4n) is 2.66. The smallest absolute Gasteiger partial charge is 0.315 e. The molecule has 0 saturated carbocycles. The predicted molar refractivity (Wildman–Crippen MR) is 76.5 cm³/mol. The molecule has 20 heavy (non-hydrogen) atoms. The molecular weight excluding hydrogens is 260 g/mol. The van der Waals surface area contributed by atoms with Gasteiger partial charge in [-0.1, -0.05) is 6.07 Å². The Bertz CT molecular complexity index is 561. The molecule has 0 spiro atoms. The molecule has 1 aromatic rings. The van der Waals surface area contributed by atoms with E-state index in [0.29, 0.717) is 25.2 Å². The highest BCUT2D eigenvalue weighted by atomic mass is 16.6. The molecule has 1 amide bonds. The summed E-state index contributed by atoms with van der Waals surface area (Å²) in [5.41, 5.74) is 5.69. The van der Waals surface area contributed by atoms with Crippen molar-refractivity contribution in [3.63, 3.8) is 0 Å². The number of nitrogens with one attached hydrogen (secondary N) is 1. The largest absolute Gasteiger partial charge is 0.393 e. The van der Waals surface area contributed by atoms with Gasteiger partial charge in [0.05, 0.1) is 10.3 Å². The Morgan fingerprint density at radius 3 is 2.85 bits per heavy atom. The zero-order valence-corrected chi connectivity index (χ0v) is 11.5. The summed E-state index contributed by atoms with van der Waals surface area (Å²) in [7, 11) is 1.60. The van der Waals surface area contributed by atoms with Crippen molar-refractivity contribution in [2.24, 2.45) is 5.41 Å². The monoisotopic (exact) mass is 278 g/mol. The molecular formula is C13H18N4O3. The predicted octanol–water partition coefficient (Wildman–Crippen LogP) is 1.14. The van der Waals surface area contributed by atoms with Crippen LogP contribution in [0.25, 0.3) is 0 Å². The Morgan fingerprint density at radius 2 is 2.25 bits per heavy atom. The van der Waals surface area contributed by atoms with E-state index in [9.17, 15) is 14.9 Å². The normalized spacial score (nSPS) is 21.8. The van der Waals surface area contributed by atoms with Gasteiger partial charge in [-0.25, -0.2) is 0 Å². The second kappa shape index (κ2) is 4.99. The number of para-hydroxylation sites is 1. The van der Waals surface area contributed by atoms with Crippen molar-refractivity contribution in [2.45, 2.75) is 13.3 Å². The van der Waals surface area contributed by atoms with Gasteiger partial charge < -0.3 is 16.0 Å². The number of hydrogen-bond acceptors (Lipinski definition) is 5. The van der Waals surface area contributed by atoms with Gasteiger partial charge in [0, 0.05) is 20.1 Å². The van der Waals surface area contributed by atoms with Crippen LogP contribution in [0.2, 0.25) is 0 Å². The Kier molecular flexibility index (Phi) is 3.52. The average molecular weight is 278 g/mol. The molecule has 1 aliphatic rings. The van der Waals surface area contributed by atoms with E-state index in [2.05, 4.69) is 5.32 Å². The van der Waals surface area contributed by atoms with Crippen LogP contribution in [-0.4, -0.2) is 31.0 Å². The Labute approximate surface area is 116 Å². The number of amides is 1. The first-order valence-corrected chi connectivity index (χ1v) is 6.39. The Morgan fingerprint density at radius 1 is 1.55 bits per heavy atom. The minimum atomic E-state index is -0.535. The van der Waals surface area contributed by atoms with Crippen LogP contribution in [0.1, 0.15) is 13.3 Å². The summed E-state index contributed by atoms with van der Waals surface area (Å²) in [5.74, 6) is -0.0495. The number of benzene rings is 1. The first-order valence-electron chi connectivity index (χ1n) is 6.39. The second-order valence-corrected chi connectivity index (χ2v) is 5.28. The molecule has 2 rings (SSSR count). The van der Waals surface area contributed by atoms with E-state index in [1.165, 1.54) is 6.07 Å². The van der Waals surface area contributed by atoms with Gasteiger partial charge in [-0.05, 0) is 25.5 Å². The lowest BCUT2D eigenvalue weighted by Crippen LogP contribution is -2.39. The van der Waals surface area contributed by atoms with Gasteiger partial charge in [0.25, 0.3) is 0 Å². The van der Waals surface area contributed by atoms with Crippen molar-refractivity contribution in [3.8, 4) is 0 Å². The van der Waals surface area contributed by atoms with Crippen LogP contribution in [0, 0.1) is 15.5 Å². The molecule has 1 unspecified atom stereocenters. The highest BCUT2D eigenvalue weighted by Crippen LogP contribution is 2.39. The number of nitro groups is 1. The number of nitrogens with two attached hydrogens (primary N) is 1. The summed E-state index contributed by atoms with van der Waals surface area (Å²) >= 11 is 0. The third kappa shape index (κ3) is 2.26. The van der Waals surface area contributed by atoms with Crippen LogP contribution in [-0.2, 0) is 4.79 Å². The zero-order chi connectivity index (χ0) is 14.9. The molecule has 1 heterocycles. The van der Waals surface area contributed by atoms with Crippen molar-refractivity contribution in [2.75, 3.05) is 30.8 Å². The number of nitrogens with zero attached hydrogens (tertiary/aromatic N) is 2. The zero-order valence-electron chi connectivity index (χ0n) is 11.5. The first-order chi connectivity index (χ1) is 9.39. The van der Waals surface area contributed by atoms with Gasteiger partial charge in [0.2, 0.25) is 5.91 Å². The number of anilines is 2. The summed E-state index contributed by atoms with van der Waals surface area (Å²) < 4.78 is 0. The number of hydrogen-bond donors (Lipinski definition) is 2. The minimum Gasteiger partial charge on any atom is -0.393 e. The fourth-order valence-corrected chi connectivity index (χ4v) is 2.66. The molecule has 1 aliphatic heterocycles. The quantitative estimate of drug-likeness (QED) is 0.490. The lowest BCUT2D eigenvalue weighted by atomic mass is 9.89. The van der Waals surface area contributed by atoms with Gasteiger partial charge >= 0.3 is 5.69 Å². The Balaban J connectivity index is 2.34. The molecule has 1 atom stereocenters. The maximum Gasteiger partial charge on any atom is 0.315 e. The third-order valence-corrected chi connectivity index (χ3v) is 3.82. The van der Waals surface area contributed by atoms with E-state index in [1.807, 2.05) is 11.8 Å². The number of carbonyl (C=O) groups excluding carboxylic acids is 1. The van der Waals surface area contributed by atoms with Gasteiger partial charge in [-0.3, -0.25) is 14.9 Å². The third-order valence-electron chi connectivity index (χ3n) is 3.82. The lowest BCUT2D eigenvalue weighted by Gasteiger charge is -2.23. The molecule has 3 N–H and O–H groups in total. The molecule has 1 fully saturated rings. The van der Waals surface area contributed by atoms with Crippen molar-refractivity contribution in [1.82, 2.24) is 5.32 Å². The van der Waals surface area contributed by atoms with Crippen LogP contribution in [0.3, 0.4) is 0 Å². The van der Waals surface area contributed by atoms with Crippen molar-refractivity contribution < 1.29 is 9.72 Å². The molecule has 0 aromatic heterocycles. The van der Waals surface area contributed by atoms with E-state index in [1.54, 1.807) is 19.2 Å². The van der Waals surface area contributed by atoms with Crippen LogP contribution in [0.5, 0.6) is 0 Å². The maximum atomic E-state index is 11.9. The first kappa shape index (κ1) is 14.1. The molecule has 0 aliphatic carbocycles. The number of rotatable bonds is 3. The molecule has 1 saturated heterocycles. The second-order valence-electron chi connectivity index (χ2n) is 5.28. The van der Waals surface area contributed by atoms with Gasteiger partial charge in [0.1, 0.15) is 11.4 Å². The summed E-state index contributed by atoms with van der Waals surface area (Å²) in [5, 5.41) is 13.8. The van der Waals surface area contributed by atoms with Gasteiger partial charge in [-0.2, -0.15) is 0 Å². The molecule has 7 heteroatoms. The standard InChI is InChI=1S/C13H18N4O3/c1-13(12(18)15-2)6-7-16(8-13)10-5-3-4-9(14)11(10)17(19)20/h3-5H,6-8,14H2,1-2H3,(H,15,18). The van der Waals surface area contributed by atoms with Crippen molar-refractivity contribution in [1.29, 1.82) is 0 Å². The molecule has 0 radical (unpaired) electrons. The van der Waals surface area contributed by atoms with Crippen LogP contribution < -0.4 is 16.0 Å². The lowest BCUT2D eigenvalue weighted by molar-refractivity contribution is -0.383. The maximum absolute atomic E-state index is 11.9. The van der Waals surface area contributed by atoms with Crippen LogP contribution in [0.4, 0.5) is 17.1 Å². The average Bonchev–Trinajstić information content (AvgIpc) is 2.81. The number of nitrogen functional groups attached to an aromatic ring is 1. The topological polar surface area (TPSA) is 102 Å².